The molecule has 3 aromatic rings. The van der Waals surface area contributed by atoms with Crippen LogP contribution in [0.5, 0.6) is 0 Å². The van der Waals surface area contributed by atoms with E-state index >= 15 is 0 Å². The summed E-state index contributed by atoms with van der Waals surface area (Å²) in [6.45, 7) is 0.681. The normalized spacial score (nSPS) is 10.4. The maximum absolute atomic E-state index is 4.27. The highest BCUT2D eigenvalue weighted by molar-refractivity contribution is 5.07. The van der Waals surface area contributed by atoms with Crippen LogP contribution < -0.4 is 4.57 Å². The van der Waals surface area contributed by atoms with Crippen LogP contribution in [0.25, 0.3) is 5.95 Å². The summed E-state index contributed by atoms with van der Waals surface area (Å²) < 4.78 is 3.67. The number of hydrogen-bond acceptors (Lipinski definition) is 3. The molecule has 18 heavy (non-hydrogen) atoms. The van der Waals surface area contributed by atoms with E-state index in [2.05, 4.69) is 21.3 Å². The lowest BCUT2D eigenvalue weighted by Crippen LogP contribution is -2.32. The SMILES string of the molecule is [c-]1n(-c2ncccn2)cc[n+]1Cc1ccccn1. The maximum atomic E-state index is 4.27. The predicted molar refractivity (Wildman–Crippen MR) is 63.7 cm³/mol. The standard InChI is InChI=1S/C13H11N5/c1-2-5-14-12(4-1)10-17-8-9-18(11-17)13-15-6-3-7-16-13/h1-9H,10H2. The highest BCUT2D eigenvalue weighted by Crippen LogP contribution is 1.97. The quantitative estimate of drug-likeness (QED) is 0.500. The van der Waals surface area contributed by atoms with Gasteiger partial charge < -0.3 is 4.57 Å². The molecule has 0 radical (unpaired) electrons. The van der Waals surface area contributed by atoms with Crippen LogP contribution in [0.2, 0.25) is 0 Å². The summed E-state index contributed by atoms with van der Waals surface area (Å²) in [5.41, 5.74) is 0.991. The molecule has 0 spiro atoms. The van der Waals surface area contributed by atoms with Crippen molar-refractivity contribution in [2.24, 2.45) is 0 Å². The summed E-state index contributed by atoms with van der Waals surface area (Å²) in [7, 11) is 0. The smallest absolute Gasteiger partial charge is 0.246 e. The van der Waals surface area contributed by atoms with Crippen molar-refractivity contribution in [1.29, 1.82) is 0 Å². The minimum atomic E-state index is 0.609. The van der Waals surface area contributed by atoms with Gasteiger partial charge in [0.1, 0.15) is 6.54 Å². The zero-order chi connectivity index (χ0) is 12.2. The van der Waals surface area contributed by atoms with E-state index in [-0.39, 0.29) is 0 Å². The van der Waals surface area contributed by atoms with Gasteiger partial charge in [-0.1, -0.05) is 6.07 Å². The number of nitrogens with zero attached hydrogens (tertiary/aromatic N) is 5. The molecule has 0 N–H and O–H groups in total. The van der Waals surface area contributed by atoms with Crippen LogP contribution in [0, 0.1) is 6.33 Å². The first-order valence-electron chi connectivity index (χ1n) is 5.59. The van der Waals surface area contributed by atoms with Gasteiger partial charge in [0, 0.05) is 31.0 Å². The summed E-state index contributed by atoms with van der Waals surface area (Å²) in [4.78, 5) is 12.6. The monoisotopic (exact) mass is 237 g/mol. The van der Waals surface area contributed by atoms with Gasteiger partial charge in [-0.15, -0.1) is 0 Å². The molecule has 0 unspecified atom stereocenters. The molecule has 0 aliphatic rings. The largest absolute Gasteiger partial charge is 0.314 e. The molecule has 0 atom stereocenters. The van der Waals surface area contributed by atoms with E-state index in [0.717, 1.165) is 5.69 Å². The Morgan fingerprint density at radius 3 is 2.67 bits per heavy atom. The number of imidazole rings is 1. The third-order valence-corrected chi connectivity index (χ3v) is 2.46. The van der Waals surface area contributed by atoms with Crippen molar-refractivity contribution in [3.63, 3.8) is 0 Å². The van der Waals surface area contributed by atoms with Gasteiger partial charge in [-0.2, -0.15) is 0 Å². The van der Waals surface area contributed by atoms with E-state index < -0.39 is 0 Å². The summed E-state index contributed by atoms with van der Waals surface area (Å²) >= 11 is 0. The van der Waals surface area contributed by atoms with Crippen molar-refractivity contribution in [1.82, 2.24) is 19.5 Å². The Morgan fingerprint density at radius 1 is 1.06 bits per heavy atom. The van der Waals surface area contributed by atoms with Gasteiger partial charge in [-0.05, 0) is 18.2 Å². The van der Waals surface area contributed by atoms with Crippen LogP contribution in [-0.2, 0) is 6.54 Å². The second-order valence-corrected chi connectivity index (χ2v) is 3.77. The van der Waals surface area contributed by atoms with E-state index in [1.54, 1.807) is 29.2 Å². The van der Waals surface area contributed by atoms with Crippen LogP contribution in [0.4, 0.5) is 0 Å². The summed E-state index contributed by atoms with van der Waals surface area (Å²) in [5, 5.41) is 0. The molecule has 0 aliphatic carbocycles. The molecule has 3 heterocycles. The van der Waals surface area contributed by atoms with Gasteiger partial charge in [0.25, 0.3) is 0 Å². The molecule has 0 amide bonds. The zero-order valence-electron chi connectivity index (χ0n) is 9.64. The van der Waals surface area contributed by atoms with Crippen molar-refractivity contribution in [3.8, 4) is 5.95 Å². The van der Waals surface area contributed by atoms with Crippen molar-refractivity contribution in [2.45, 2.75) is 6.54 Å². The second-order valence-electron chi connectivity index (χ2n) is 3.77. The number of rotatable bonds is 3. The number of aromatic nitrogens is 5. The molecular formula is C13H11N5. The van der Waals surface area contributed by atoms with E-state index in [0.29, 0.717) is 12.5 Å². The predicted octanol–water partition coefficient (Wildman–Crippen LogP) is 0.798. The van der Waals surface area contributed by atoms with E-state index in [9.17, 15) is 0 Å². The van der Waals surface area contributed by atoms with Crippen LogP contribution in [0.15, 0.2) is 55.2 Å². The Kier molecular flexibility index (Phi) is 2.79. The summed E-state index contributed by atoms with van der Waals surface area (Å²) in [6, 6.07) is 7.65. The lowest BCUT2D eigenvalue weighted by atomic mass is 10.3. The first-order valence-corrected chi connectivity index (χ1v) is 5.59. The Balaban J connectivity index is 1.82. The molecule has 5 nitrogen and oxygen atoms in total. The lowest BCUT2D eigenvalue weighted by Gasteiger charge is -1.99. The van der Waals surface area contributed by atoms with Gasteiger partial charge in [0.15, 0.2) is 0 Å². The molecule has 3 rings (SSSR count). The average molecular weight is 237 g/mol. The molecule has 0 aliphatic heterocycles. The second kappa shape index (κ2) is 4.75. The number of hydrogen-bond donors (Lipinski definition) is 0. The molecule has 0 saturated carbocycles. The fourth-order valence-corrected chi connectivity index (χ4v) is 1.63. The Labute approximate surface area is 104 Å². The van der Waals surface area contributed by atoms with Gasteiger partial charge >= 0.3 is 0 Å². The van der Waals surface area contributed by atoms with Crippen molar-refractivity contribution >= 4 is 0 Å². The summed E-state index contributed by atoms with van der Waals surface area (Å²) in [6.07, 6.45) is 12.1. The van der Waals surface area contributed by atoms with Crippen LogP contribution in [0.3, 0.4) is 0 Å². The Hall–Kier alpha value is -2.56. The third kappa shape index (κ3) is 2.24. The molecule has 0 fully saturated rings. The van der Waals surface area contributed by atoms with E-state index in [4.69, 9.17) is 0 Å². The fraction of sp³-hybridized carbons (Fsp3) is 0.0769. The average Bonchev–Trinajstić information content (AvgIpc) is 2.89. The molecule has 0 saturated heterocycles. The highest BCUT2D eigenvalue weighted by Gasteiger charge is 2.02. The zero-order valence-corrected chi connectivity index (χ0v) is 9.64. The maximum Gasteiger partial charge on any atom is 0.246 e. The minimum Gasteiger partial charge on any atom is -0.314 e. The third-order valence-electron chi connectivity index (χ3n) is 2.46. The lowest BCUT2D eigenvalue weighted by molar-refractivity contribution is -0.692. The van der Waals surface area contributed by atoms with Gasteiger partial charge in [-0.3, -0.25) is 9.55 Å². The van der Waals surface area contributed by atoms with Crippen LogP contribution in [0.1, 0.15) is 5.69 Å². The number of pyridine rings is 1. The molecule has 3 aromatic heterocycles. The molecule has 0 aromatic carbocycles. The molecule has 5 heteroatoms. The Morgan fingerprint density at radius 2 is 1.89 bits per heavy atom. The van der Waals surface area contributed by atoms with Crippen molar-refractivity contribution in [3.05, 3.63) is 67.3 Å². The Bertz CT molecular complexity index is 618. The molecule has 0 bridgehead atoms. The van der Waals surface area contributed by atoms with Crippen molar-refractivity contribution in [2.75, 3.05) is 0 Å². The van der Waals surface area contributed by atoms with E-state index in [1.807, 2.05) is 35.2 Å². The van der Waals surface area contributed by atoms with E-state index in [1.165, 1.54) is 0 Å². The van der Waals surface area contributed by atoms with Gasteiger partial charge in [0.2, 0.25) is 12.3 Å². The van der Waals surface area contributed by atoms with Crippen LogP contribution >= 0.6 is 0 Å². The van der Waals surface area contributed by atoms with Gasteiger partial charge in [-0.25, -0.2) is 9.97 Å². The van der Waals surface area contributed by atoms with Gasteiger partial charge in [0.05, 0.1) is 5.69 Å². The topological polar surface area (TPSA) is 47.5 Å². The first kappa shape index (κ1) is 10.6. The first-order chi connectivity index (χ1) is 8.92. The fourth-order valence-electron chi connectivity index (χ4n) is 1.63. The van der Waals surface area contributed by atoms with Crippen molar-refractivity contribution < 1.29 is 4.57 Å². The molecule has 88 valence electrons. The van der Waals surface area contributed by atoms with Crippen LogP contribution in [-0.4, -0.2) is 19.5 Å². The highest BCUT2D eigenvalue weighted by atomic mass is 15.2. The molecular weight excluding hydrogens is 226 g/mol. The summed E-state index contributed by atoms with van der Waals surface area (Å²) in [5.74, 6) is 0.609. The minimum absolute atomic E-state index is 0.609.